The molecule has 8 heteroatoms. The van der Waals surface area contributed by atoms with Gasteiger partial charge in [0.2, 0.25) is 5.95 Å². The highest BCUT2D eigenvalue weighted by Crippen LogP contribution is 2.41. The van der Waals surface area contributed by atoms with Crippen LogP contribution >= 0.6 is 0 Å². The molecule has 0 radical (unpaired) electrons. The van der Waals surface area contributed by atoms with Gasteiger partial charge >= 0.3 is 6.09 Å². The van der Waals surface area contributed by atoms with Gasteiger partial charge in [0.1, 0.15) is 11.4 Å². The Labute approximate surface area is 192 Å². The van der Waals surface area contributed by atoms with Gasteiger partial charge in [0.05, 0.1) is 5.69 Å². The molecule has 3 N–H and O–H groups in total. The molecule has 172 valence electrons. The lowest BCUT2D eigenvalue weighted by Gasteiger charge is -2.43. The average molecular weight is 451 g/mol. The van der Waals surface area contributed by atoms with Crippen LogP contribution in [0.5, 0.6) is 0 Å². The normalized spacial score (nSPS) is 20.7. The van der Waals surface area contributed by atoms with Crippen LogP contribution < -0.4 is 5.73 Å². The third-order valence-corrected chi connectivity index (χ3v) is 6.18. The van der Waals surface area contributed by atoms with E-state index >= 15 is 0 Å². The van der Waals surface area contributed by atoms with E-state index in [1.807, 2.05) is 24.3 Å². The summed E-state index contributed by atoms with van der Waals surface area (Å²) in [6.45, 7) is 4.52. The monoisotopic (exact) mass is 450 g/mol. The molecule has 1 fully saturated rings. The molecule has 0 unspecified atom stereocenters. The molecule has 2 aromatic rings. The van der Waals surface area contributed by atoms with Crippen LogP contribution in [-0.2, 0) is 4.74 Å². The highest BCUT2D eigenvalue weighted by molar-refractivity contribution is 5.83. The number of halogens is 1. The van der Waals surface area contributed by atoms with Crippen molar-refractivity contribution in [2.45, 2.75) is 37.7 Å². The molecule has 1 aliphatic heterocycles. The maximum absolute atomic E-state index is 13.5. The smallest absolute Gasteiger partial charge is 0.415 e. The number of nitrogen functional groups attached to an aromatic ring is 1. The molecular weight excluding hydrogens is 423 g/mol. The van der Waals surface area contributed by atoms with Gasteiger partial charge in [-0.15, -0.1) is 0 Å². The lowest BCUT2D eigenvalue weighted by molar-refractivity contribution is -0.0227. The molecule has 4 rings (SSSR count). The number of hydrogen-bond donors (Lipinski definition) is 2. The second kappa shape index (κ2) is 9.54. The molecule has 0 bridgehead atoms. The van der Waals surface area contributed by atoms with Crippen LogP contribution in [0.2, 0.25) is 0 Å². The number of amides is 1. The number of benzene rings is 1. The number of allylic oxidation sites excluding steroid dienone is 3. The summed E-state index contributed by atoms with van der Waals surface area (Å²) >= 11 is 0. The quantitative estimate of drug-likeness (QED) is 0.638. The summed E-state index contributed by atoms with van der Waals surface area (Å²) in [5.74, 6) is 0.0225. The van der Waals surface area contributed by atoms with Crippen molar-refractivity contribution in [3.8, 4) is 11.3 Å². The van der Waals surface area contributed by atoms with E-state index < -0.39 is 11.7 Å². The molecule has 7 nitrogen and oxygen atoms in total. The first-order chi connectivity index (χ1) is 15.9. The number of aliphatic hydroxyl groups excluding tert-OH is 1. The van der Waals surface area contributed by atoms with E-state index in [4.69, 9.17) is 10.5 Å². The van der Waals surface area contributed by atoms with Gasteiger partial charge in [-0.25, -0.2) is 19.2 Å². The molecule has 0 spiro atoms. The van der Waals surface area contributed by atoms with Crippen molar-refractivity contribution in [2.24, 2.45) is 0 Å². The minimum Gasteiger partial charge on any atom is -0.438 e. The maximum Gasteiger partial charge on any atom is 0.415 e. The van der Waals surface area contributed by atoms with Gasteiger partial charge in [0.15, 0.2) is 0 Å². The van der Waals surface area contributed by atoms with Gasteiger partial charge in [0, 0.05) is 43.5 Å². The number of nitrogens with zero attached hydrogens (tertiary/aromatic N) is 3. The molecule has 1 saturated heterocycles. The van der Waals surface area contributed by atoms with Crippen LogP contribution in [0, 0.1) is 0 Å². The summed E-state index contributed by atoms with van der Waals surface area (Å²) in [7, 11) is 0. The lowest BCUT2D eigenvalue weighted by atomic mass is 9.80. The maximum atomic E-state index is 13.5. The summed E-state index contributed by atoms with van der Waals surface area (Å²) in [6, 6.07) is 9.28. The summed E-state index contributed by atoms with van der Waals surface area (Å²) in [5, 5.41) is 9.36. The van der Waals surface area contributed by atoms with E-state index in [9.17, 15) is 14.3 Å². The van der Waals surface area contributed by atoms with Crippen LogP contribution in [0.3, 0.4) is 0 Å². The SMILES string of the molecule is C=C(c1ccc(-c2ccnc(N)n2)cc1)N1CC[C@](CCCO)(C2=CC=C(F)CC2)OC1=O. The van der Waals surface area contributed by atoms with Crippen LogP contribution in [-0.4, -0.2) is 44.8 Å². The number of ether oxygens (including phenoxy) is 1. The molecule has 2 aliphatic rings. The number of cyclic esters (lactones) is 1. The Balaban J connectivity index is 1.50. The number of anilines is 1. The average Bonchev–Trinajstić information content (AvgIpc) is 2.83. The standard InChI is InChI=1S/C25H27FN4O3/c1-17(18-3-5-19(6-4-18)22-11-14-28-23(27)29-22)30-15-13-25(12-2-16-31,33-24(30)32)20-7-9-21(26)10-8-20/h3-7,9,11,14,31H,1-2,8,10,12-13,15-16H2,(H2,27,28,29)/t25-/m1/s1. The van der Waals surface area contributed by atoms with E-state index in [1.165, 1.54) is 11.0 Å². The van der Waals surface area contributed by atoms with E-state index in [0.717, 1.165) is 16.7 Å². The molecule has 1 atom stereocenters. The minimum absolute atomic E-state index is 0.00244. The van der Waals surface area contributed by atoms with Crippen molar-refractivity contribution in [1.29, 1.82) is 0 Å². The van der Waals surface area contributed by atoms with Gasteiger partial charge in [-0.1, -0.05) is 36.9 Å². The van der Waals surface area contributed by atoms with Gasteiger partial charge in [-0.05, 0) is 42.5 Å². The second-order valence-electron chi connectivity index (χ2n) is 8.22. The molecule has 33 heavy (non-hydrogen) atoms. The zero-order chi connectivity index (χ0) is 23.4. The van der Waals surface area contributed by atoms with Crippen LogP contribution in [0.4, 0.5) is 15.1 Å². The van der Waals surface area contributed by atoms with E-state index in [0.29, 0.717) is 50.0 Å². The van der Waals surface area contributed by atoms with Crippen molar-refractivity contribution < 1.29 is 19.0 Å². The summed E-state index contributed by atoms with van der Waals surface area (Å²) in [6.07, 6.45) is 6.58. The minimum atomic E-state index is -0.829. The van der Waals surface area contributed by atoms with Crippen molar-refractivity contribution in [2.75, 3.05) is 18.9 Å². The summed E-state index contributed by atoms with van der Waals surface area (Å²) < 4.78 is 19.5. The zero-order valence-corrected chi connectivity index (χ0v) is 18.3. The molecule has 1 aromatic carbocycles. The summed E-state index contributed by atoms with van der Waals surface area (Å²) in [5.41, 5.74) is 8.62. The predicted molar refractivity (Wildman–Crippen MR) is 124 cm³/mol. The fourth-order valence-electron chi connectivity index (χ4n) is 4.34. The van der Waals surface area contributed by atoms with E-state index in [1.54, 1.807) is 18.3 Å². The molecule has 1 amide bonds. The number of carbonyl (C=O) groups excluding carboxylic acids is 1. The van der Waals surface area contributed by atoms with Crippen molar-refractivity contribution in [3.63, 3.8) is 0 Å². The first-order valence-electron chi connectivity index (χ1n) is 11.0. The fraction of sp³-hybridized carbons (Fsp3) is 0.320. The van der Waals surface area contributed by atoms with Crippen LogP contribution in [0.1, 0.15) is 37.7 Å². The Hall–Kier alpha value is -3.52. The first kappa shape index (κ1) is 22.7. The largest absolute Gasteiger partial charge is 0.438 e. The second-order valence-corrected chi connectivity index (χ2v) is 8.22. The Kier molecular flexibility index (Phi) is 6.55. The summed E-state index contributed by atoms with van der Waals surface area (Å²) in [4.78, 5) is 22.7. The number of rotatable bonds is 7. The number of nitrogens with two attached hydrogens (primary N) is 1. The predicted octanol–water partition coefficient (Wildman–Crippen LogP) is 4.62. The number of aromatic nitrogens is 2. The third kappa shape index (κ3) is 4.80. The Bertz CT molecular complexity index is 1110. The molecular formula is C25H27FN4O3. The molecule has 0 saturated carbocycles. The van der Waals surface area contributed by atoms with Gasteiger partial charge < -0.3 is 15.6 Å². The molecule has 1 aromatic heterocycles. The highest BCUT2D eigenvalue weighted by Gasteiger charge is 2.44. The van der Waals surface area contributed by atoms with Crippen LogP contribution in [0.15, 0.2) is 66.7 Å². The van der Waals surface area contributed by atoms with Crippen LogP contribution in [0.25, 0.3) is 17.0 Å². The topological polar surface area (TPSA) is 102 Å². The van der Waals surface area contributed by atoms with Gasteiger partial charge in [0.25, 0.3) is 0 Å². The van der Waals surface area contributed by atoms with Crippen molar-refractivity contribution in [3.05, 3.63) is 72.2 Å². The van der Waals surface area contributed by atoms with E-state index in [2.05, 4.69) is 16.5 Å². The highest BCUT2D eigenvalue weighted by atomic mass is 19.1. The third-order valence-electron chi connectivity index (χ3n) is 6.18. The fourth-order valence-corrected chi connectivity index (χ4v) is 4.34. The Morgan fingerprint density at radius 2 is 2.03 bits per heavy atom. The Morgan fingerprint density at radius 1 is 1.24 bits per heavy atom. The van der Waals surface area contributed by atoms with Gasteiger partial charge in [-0.3, -0.25) is 4.90 Å². The van der Waals surface area contributed by atoms with Crippen molar-refractivity contribution >= 4 is 17.7 Å². The molecule has 1 aliphatic carbocycles. The van der Waals surface area contributed by atoms with Crippen molar-refractivity contribution in [1.82, 2.24) is 14.9 Å². The van der Waals surface area contributed by atoms with Gasteiger partial charge in [-0.2, -0.15) is 0 Å². The number of hydrogen-bond acceptors (Lipinski definition) is 6. The molecule has 2 heterocycles. The van der Waals surface area contributed by atoms with E-state index in [-0.39, 0.29) is 18.4 Å². The lowest BCUT2D eigenvalue weighted by Crippen LogP contribution is -2.50. The number of carbonyl (C=O) groups is 1. The first-order valence-corrected chi connectivity index (χ1v) is 11.0. The number of aliphatic hydroxyl groups is 1. The zero-order valence-electron chi connectivity index (χ0n) is 18.3. The Morgan fingerprint density at radius 3 is 2.67 bits per heavy atom.